The van der Waals surface area contributed by atoms with Crippen LogP contribution in [0.4, 0.5) is 8.78 Å². The maximum atomic E-state index is 13.7. The maximum absolute atomic E-state index is 13.7. The zero-order valence-electron chi connectivity index (χ0n) is 16.8. The third-order valence-electron chi connectivity index (χ3n) is 4.89. The molecule has 0 spiro atoms. The molecule has 2 heterocycles. The van der Waals surface area contributed by atoms with Crippen LogP contribution in [0, 0.1) is 18.6 Å². The highest BCUT2D eigenvalue weighted by atomic mass is 19.1. The molecule has 0 aliphatic carbocycles. The average Bonchev–Trinajstić information content (AvgIpc) is 3.25. The number of nitrogens with zero attached hydrogens (tertiary/aromatic N) is 4. The highest BCUT2D eigenvalue weighted by Gasteiger charge is 2.12. The Bertz CT molecular complexity index is 1450. The lowest BCUT2D eigenvalue weighted by molar-refractivity contribution is 0.432. The number of ether oxygens (including phenoxy) is 1. The number of aromatic hydroxyl groups is 1. The minimum atomic E-state index is -0.746. The lowest BCUT2D eigenvalue weighted by Crippen LogP contribution is -1.95. The molecule has 0 aliphatic heterocycles. The summed E-state index contributed by atoms with van der Waals surface area (Å²) >= 11 is 0. The van der Waals surface area contributed by atoms with Gasteiger partial charge in [-0.3, -0.25) is 0 Å². The Morgan fingerprint density at radius 3 is 2.62 bits per heavy atom. The fourth-order valence-electron chi connectivity index (χ4n) is 3.39. The molecule has 0 fully saturated rings. The summed E-state index contributed by atoms with van der Waals surface area (Å²) in [6, 6.07) is 17.5. The van der Waals surface area contributed by atoms with Gasteiger partial charge in [0.2, 0.25) is 0 Å². The van der Waals surface area contributed by atoms with Gasteiger partial charge < -0.3 is 9.84 Å². The van der Waals surface area contributed by atoms with Crippen molar-refractivity contribution in [3.63, 3.8) is 0 Å². The van der Waals surface area contributed by atoms with Crippen LogP contribution in [0.25, 0.3) is 28.0 Å². The summed E-state index contributed by atoms with van der Waals surface area (Å²) in [6.45, 7) is 1.80. The van der Waals surface area contributed by atoms with Crippen LogP contribution in [0.3, 0.4) is 0 Å². The van der Waals surface area contributed by atoms with Gasteiger partial charge in [0.15, 0.2) is 11.6 Å². The van der Waals surface area contributed by atoms with Gasteiger partial charge in [-0.25, -0.2) is 18.4 Å². The number of phenolic OH excluding ortho intramolecular Hbond substituents is 1. The summed E-state index contributed by atoms with van der Waals surface area (Å²) in [7, 11) is 0. The van der Waals surface area contributed by atoms with Crippen LogP contribution in [-0.2, 0) is 0 Å². The SMILES string of the molecule is Cc1cc(F)cc(Oc2cccc3nc(-c4cn(-c5ccc(O)c(F)c5)nn4)ccc23)c1. The van der Waals surface area contributed by atoms with E-state index >= 15 is 0 Å². The van der Waals surface area contributed by atoms with E-state index in [0.717, 1.165) is 10.9 Å². The summed E-state index contributed by atoms with van der Waals surface area (Å²) in [5.74, 6) is -0.587. The zero-order valence-corrected chi connectivity index (χ0v) is 16.8. The van der Waals surface area contributed by atoms with Crippen LogP contribution in [-0.4, -0.2) is 25.1 Å². The smallest absolute Gasteiger partial charge is 0.166 e. The first-order chi connectivity index (χ1) is 15.5. The van der Waals surface area contributed by atoms with Gasteiger partial charge in [0.25, 0.3) is 0 Å². The molecule has 6 nitrogen and oxygen atoms in total. The Balaban J connectivity index is 1.48. The Labute approximate surface area is 181 Å². The van der Waals surface area contributed by atoms with Crippen LogP contribution in [0.5, 0.6) is 17.2 Å². The number of phenols is 1. The lowest BCUT2D eigenvalue weighted by Gasteiger charge is -2.10. The number of fused-ring (bicyclic) bond motifs is 1. The van der Waals surface area contributed by atoms with E-state index < -0.39 is 11.6 Å². The van der Waals surface area contributed by atoms with Crippen LogP contribution >= 0.6 is 0 Å². The van der Waals surface area contributed by atoms with Crippen molar-refractivity contribution in [2.24, 2.45) is 0 Å². The van der Waals surface area contributed by atoms with Gasteiger partial charge >= 0.3 is 0 Å². The van der Waals surface area contributed by atoms with Crippen molar-refractivity contribution in [3.8, 4) is 34.3 Å². The van der Waals surface area contributed by atoms with Crippen molar-refractivity contribution in [1.29, 1.82) is 0 Å². The first kappa shape index (κ1) is 19.6. The van der Waals surface area contributed by atoms with Crippen molar-refractivity contribution in [2.45, 2.75) is 6.92 Å². The number of hydrogen-bond acceptors (Lipinski definition) is 5. The molecule has 0 aliphatic rings. The molecule has 8 heteroatoms. The predicted molar refractivity (Wildman–Crippen MR) is 115 cm³/mol. The van der Waals surface area contributed by atoms with E-state index in [0.29, 0.717) is 34.1 Å². The summed E-state index contributed by atoms with van der Waals surface area (Å²) in [5.41, 5.74) is 2.91. The fraction of sp³-hybridized carbons (Fsp3) is 0.0417. The van der Waals surface area contributed by atoms with Crippen molar-refractivity contribution < 1.29 is 18.6 Å². The number of rotatable bonds is 4. The lowest BCUT2D eigenvalue weighted by atomic mass is 10.1. The Morgan fingerprint density at radius 2 is 1.81 bits per heavy atom. The van der Waals surface area contributed by atoms with E-state index in [1.165, 1.54) is 35.0 Å². The first-order valence-corrected chi connectivity index (χ1v) is 9.73. The molecule has 0 saturated heterocycles. The largest absolute Gasteiger partial charge is 0.505 e. The number of aromatic nitrogens is 4. The fourth-order valence-corrected chi connectivity index (χ4v) is 3.39. The molecular weight excluding hydrogens is 414 g/mol. The zero-order chi connectivity index (χ0) is 22.2. The van der Waals surface area contributed by atoms with Crippen LogP contribution in [0.1, 0.15) is 5.56 Å². The van der Waals surface area contributed by atoms with E-state index in [1.807, 2.05) is 12.1 Å². The number of benzene rings is 3. The Hall–Kier alpha value is -4.33. The molecular formula is C24H16F2N4O2. The molecule has 2 aromatic heterocycles. The third-order valence-corrected chi connectivity index (χ3v) is 4.89. The second kappa shape index (κ2) is 7.73. The number of hydrogen-bond donors (Lipinski definition) is 1. The Morgan fingerprint density at radius 1 is 0.938 bits per heavy atom. The van der Waals surface area contributed by atoms with Gasteiger partial charge in [0.1, 0.15) is 23.0 Å². The van der Waals surface area contributed by atoms with E-state index in [9.17, 15) is 13.9 Å². The minimum Gasteiger partial charge on any atom is -0.505 e. The monoisotopic (exact) mass is 430 g/mol. The van der Waals surface area contributed by atoms with Crippen molar-refractivity contribution >= 4 is 10.9 Å². The van der Waals surface area contributed by atoms with Gasteiger partial charge in [-0.1, -0.05) is 11.3 Å². The van der Waals surface area contributed by atoms with Gasteiger partial charge in [-0.15, -0.1) is 5.10 Å². The highest BCUT2D eigenvalue weighted by Crippen LogP contribution is 2.31. The summed E-state index contributed by atoms with van der Waals surface area (Å²) in [6.07, 6.45) is 1.62. The standard InChI is InChI=1S/C24H16F2N4O2/c1-14-9-15(25)11-17(10-14)32-24-4-2-3-20-18(24)6-7-21(27-20)22-13-30(29-28-22)16-5-8-23(31)19(26)12-16/h2-13,31H,1H3. The predicted octanol–water partition coefficient (Wildman–Crippen LogP) is 5.57. The van der Waals surface area contributed by atoms with Crippen LogP contribution in [0.2, 0.25) is 0 Å². The molecule has 5 rings (SSSR count). The van der Waals surface area contributed by atoms with Crippen LogP contribution < -0.4 is 4.74 Å². The summed E-state index contributed by atoms with van der Waals surface area (Å²) in [4.78, 5) is 4.64. The van der Waals surface area contributed by atoms with Gasteiger partial charge in [0, 0.05) is 17.5 Å². The molecule has 0 saturated carbocycles. The first-order valence-electron chi connectivity index (χ1n) is 9.73. The average molecular weight is 430 g/mol. The van der Waals surface area contributed by atoms with Crippen molar-refractivity contribution in [3.05, 3.63) is 90.1 Å². The molecule has 0 unspecified atom stereocenters. The molecule has 32 heavy (non-hydrogen) atoms. The number of pyridine rings is 1. The normalized spacial score (nSPS) is 11.1. The van der Waals surface area contributed by atoms with Gasteiger partial charge in [0.05, 0.1) is 23.1 Å². The number of aryl methyl sites for hydroxylation is 1. The van der Waals surface area contributed by atoms with E-state index in [4.69, 9.17) is 4.74 Å². The van der Waals surface area contributed by atoms with Gasteiger partial charge in [-0.05, 0) is 61.0 Å². The molecule has 1 N–H and O–H groups in total. The molecule has 0 atom stereocenters. The molecule has 0 bridgehead atoms. The van der Waals surface area contributed by atoms with Crippen molar-refractivity contribution in [1.82, 2.24) is 20.0 Å². The molecule has 5 aromatic rings. The van der Waals surface area contributed by atoms with E-state index in [2.05, 4.69) is 15.3 Å². The van der Waals surface area contributed by atoms with Crippen LogP contribution in [0.15, 0.2) is 72.9 Å². The van der Waals surface area contributed by atoms with Gasteiger partial charge in [-0.2, -0.15) is 0 Å². The highest BCUT2D eigenvalue weighted by molar-refractivity contribution is 5.87. The molecule has 158 valence electrons. The maximum Gasteiger partial charge on any atom is 0.166 e. The second-order valence-electron chi connectivity index (χ2n) is 7.27. The van der Waals surface area contributed by atoms with Crippen molar-refractivity contribution in [2.75, 3.05) is 0 Å². The van der Waals surface area contributed by atoms with E-state index in [-0.39, 0.29) is 5.82 Å². The van der Waals surface area contributed by atoms with E-state index in [1.54, 1.807) is 37.4 Å². The number of halogens is 2. The quantitative estimate of drug-likeness (QED) is 0.404. The molecule has 0 radical (unpaired) electrons. The third kappa shape index (κ3) is 3.74. The molecule has 3 aromatic carbocycles. The summed E-state index contributed by atoms with van der Waals surface area (Å²) < 4.78 is 34.7. The molecule has 0 amide bonds. The summed E-state index contributed by atoms with van der Waals surface area (Å²) in [5, 5.41) is 18.3. The Kier molecular flexibility index (Phi) is 4.74. The minimum absolute atomic E-state index is 0.364. The second-order valence-corrected chi connectivity index (χ2v) is 7.27. The topological polar surface area (TPSA) is 73.1 Å².